The van der Waals surface area contributed by atoms with Gasteiger partial charge < -0.3 is 15.4 Å². The van der Waals surface area contributed by atoms with Crippen molar-refractivity contribution in [2.24, 2.45) is 5.73 Å². The second-order valence-corrected chi connectivity index (χ2v) is 4.78. The number of benzene rings is 1. The maximum atomic E-state index is 5.74. The molecule has 0 heterocycles. The summed E-state index contributed by atoms with van der Waals surface area (Å²) in [6, 6.07) is 8.61. The van der Waals surface area contributed by atoms with Crippen molar-refractivity contribution >= 4 is 0 Å². The average Bonchev–Trinajstić information content (AvgIpc) is 2.38. The van der Waals surface area contributed by atoms with Crippen molar-refractivity contribution in [1.29, 1.82) is 0 Å². The van der Waals surface area contributed by atoms with Crippen molar-refractivity contribution in [1.82, 2.24) is 4.90 Å². The fraction of sp³-hybridized carbons (Fsp3) is 0.600. The number of nitrogens with two attached hydrogens (primary N) is 1. The topological polar surface area (TPSA) is 38.5 Å². The zero-order valence-electron chi connectivity index (χ0n) is 11.9. The molecule has 0 aliphatic heterocycles. The van der Waals surface area contributed by atoms with E-state index in [0.717, 1.165) is 37.4 Å². The lowest BCUT2D eigenvalue weighted by Crippen LogP contribution is -2.32. The fourth-order valence-electron chi connectivity index (χ4n) is 2.00. The van der Waals surface area contributed by atoms with Gasteiger partial charge in [0.15, 0.2) is 0 Å². The first-order chi connectivity index (χ1) is 8.67. The average molecular weight is 250 g/mol. The molecule has 3 nitrogen and oxygen atoms in total. The summed E-state index contributed by atoms with van der Waals surface area (Å²) in [6.07, 6.45) is 1.05. The molecule has 0 aliphatic rings. The second-order valence-electron chi connectivity index (χ2n) is 4.78. The SMILES string of the molecule is CCN(CCCOc1cccc(CN)c1)C(C)C. The van der Waals surface area contributed by atoms with Crippen LogP contribution in [0.2, 0.25) is 0 Å². The molecular formula is C15H26N2O. The van der Waals surface area contributed by atoms with Gasteiger partial charge in [0.05, 0.1) is 6.61 Å². The van der Waals surface area contributed by atoms with E-state index in [-0.39, 0.29) is 0 Å². The molecule has 3 heteroatoms. The van der Waals surface area contributed by atoms with E-state index in [4.69, 9.17) is 10.5 Å². The van der Waals surface area contributed by atoms with Gasteiger partial charge >= 0.3 is 0 Å². The Morgan fingerprint density at radius 1 is 1.33 bits per heavy atom. The predicted octanol–water partition coefficient (Wildman–Crippen LogP) is 2.64. The van der Waals surface area contributed by atoms with Gasteiger partial charge in [0.2, 0.25) is 0 Å². The summed E-state index contributed by atoms with van der Waals surface area (Å²) in [7, 11) is 0. The summed E-state index contributed by atoms with van der Waals surface area (Å²) in [5, 5.41) is 0. The molecule has 1 rings (SSSR count). The molecule has 0 saturated carbocycles. The van der Waals surface area contributed by atoms with Gasteiger partial charge in [-0.1, -0.05) is 19.1 Å². The van der Waals surface area contributed by atoms with Gasteiger partial charge in [-0.15, -0.1) is 0 Å². The molecule has 0 amide bonds. The molecule has 1 aromatic rings. The minimum absolute atomic E-state index is 0.564. The highest BCUT2D eigenvalue weighted by Crippen LogP contribution is 2.13. The summed E-state index contributed by atoms with van der Waals surface area (Å²) in [5.74, 6) is 0.922. The summed E-state index contributed by atoms with van der Waals surface area (Å²) in [4.78, 5) is 2.44. The Morgan fingerprint density at radius 2 is 2.11 bits per heavy atom. The number of ether oxygens (including phenoxy) is 1. The van der Waals surface area contributed by atoms with Crippen LogP contribution in [0.3, 0.4) is 0 Å². The van der Waals surface area contributed by atoms with E-state index in [2.05, 4.69) is 25.7 Å². The molecular weight excluding hydrogens is 224 g/mol. The largest absolute Gasteiger partial charge is 0.494 e. The van der Waals surface area contributed by atoms with E-state index < -0.39 is 0 Å². The zero-order chi connectivity index (χ0) is 13.4. The molecule has 0 aromatic heterocycles. The molecule has 0 radical (unpaired) electrons. The van der Waals surface area contributed by atoms with Crippen LogP contribution in [-0.2, 0) is 6.54 Å². The molecule has 2 N–H and O–H groups in total. The van der Waals surface area contributed by atoms with Crippen LogP contribution in [0.5, 0.6) is 5.75 Å². The van der Waals surface area contributed by atoms with Crippen LogP contribution >= 0.6 is 0 Å². The highest BCUT2D eigenvalue weighted by Gasteiger charge is 2.05. The van der Waals surface area contributed by atoms with Crippen molar-refractivity contribution in [2.45, 2.75) is 39.8 Å². The van der Waals surface area contributed by atoms with Crippen LogP contribution in [0.25, 0.3) is 0 Å². The molecule has 102 valence electrons. The standard InChI is InChI=1S/C15H26N2O/c1-4-17(13(2)3)9-6-10-18-15-8-5-7-14(11-15)12-16/h5,7-8,11,13H,4,6,9-10,12,16H2,1-3H3. The Morgan fingerprint density at radius 3 is 2.72 bits per heavy atom. The van der Waals surface area contributed by atoms with Crippen molar-refractivity contribution in [3.05, 3.63) is 29.8 Å². The summed E-state index contributed by atoms with van der Waals surface area (Å²) in [5.41, 5.74) is 6.72. The van der Waals surface area contributed by atoms with E-state index >= 15 is 0 Å². The molecule has 0 bridgehead atoms. The van der Waals surface area contributed by atoms with Crippen molar-refractivity contribution in [2.75, 3.05) is 19.7 Å². The Balaban J connectivity index is 2.28. The first-order valence-electron chi connectivity index (χ1n) is 6.83. The van der Waals surface area contributed by atoms with Gasteiger partial charge in [-0.05, 0) is 44.5 Å². The maximum absolute atomic E-state index is 5.74. The molecule has 18 heavy (non-hydrogen) atoms. The summed E-state index contributed by atoms with van der Waals surface area (Å²) >= 11 is 0. The van der Waals surface area contributed by atoms with Crippen molar-refractivity contribution in [3.8, 4) is 5.75 Å². The summed E-state index contributed by atoms with van der Waals surface area (Å²) < 4.78 is 5.74. The molecule has 0 saturated heterocycles. The van der Waals surface area contributed by atoms with Crippen LogP contribution in [0.1, 0.15) is 32.8 Å². The van der Waals surface area contributed by atoms with E-state index in [0.29, 0.717) is 12.6 Å². The lowest BCUT2D eigenvalue weighted by atomic mass is 10.2. The number of nitrogens with zero attached hydrogens (tertiary/aromatic N) is 1. The van der Waals surface area contributed by atoms with Gasteiger partial charge in [0.1, 0.15) is 5.75 Å². The van der Waals surface area contributed by atoms with Crippen LogP contribution in [0, 0.1) is 0 Å². The van der Waals surface area contributed by atoms with Gasteiger partial charge in [-0.25, -0.2) is 0 Å². The van der Waals surface area contributed by atoms with Crippen LogP contribution in [0.15, 0.2) is 24.3 Å². The quantitative estimate of drug-likeness (QED) is 0.721. The first kappa shape index (κ1) is 15.0. The van der Waals surface area contributed by atoms with E-state index in [1.807, 2.05) is 24.3 Å². The third kappa shape index (κ3) is 5.07. The zero-order valence-corrected chi connectivity index (χ0v) is 11.9. The molecule has 1 aromatic carbocycles. The Hall–Kier alpha value is -1.06. The molecule has 0 spiro atoms. The van der Waals surface area contributed by atoms with Gasteiger partial charge in [0.25, 0.3) is 0 Å². The van der Waals surface area contributed by atoms with Gasteiger partial charge in [-0.2, -0.15) is 0 Å². The van der Waals surface area contributed by atoms with Gasteiger partial charge in [0, 0.05) is 19.1 Å². The second kappa shape index (κ2) is 8.11. The third-order valence-electron chi connectivity index (χ3n) is 3.13. The number of rotatable bonds is 8. The van der Waals surface area contributed by atoms with Crippen molar-refractivity contribution < 1.29 is 4.74 Å². The van der Waals surface area contributed by atoms with Crippen LogP contribution < -0.4 is 10.5 Å². The lowest BCUT2D eigenvalue weighted by Gasteiger charge is -2.24. The van der Waals surface area contributed by atoms with Crippen LogP contribution in [0.4, 0.5) is 0 Å². The van der Waals surface area contributed by atoms with E-state index in [1.165, 1.54) is 0 Å². The monoisotopic (exact) mass is 250 g/mol. The highest BCUT2D eigenvalue weighted by molar-refractivity contribution is 5.28. The van der Waals surface area contributed by atoms with Gasteiger partial charge in [-0.3, -0.25) is 0 Å². The molecule has 0 aliphatic carbocycles. The maximum Gasteiger partial charge on any atom is 0.119 e. The number of hydrogen-bond donors (Lipinski definition) is 1. The molecule has 0 fully saturated rings. The lowest BCUT2D eigenvalue weighted by molar-refractivity contribution is 0.207. The highest BCUT2D eigenvalue weighted by atomic mass is 16.5. The third-order valence-corrected chi connectivity index (χ3v) is 3.13. The van der Waals surface area contributed by atoms with Crippen molar-refractivity contribution in [3.63, 3.8) is 0 Å². The Labute approximate surface area is 111 Å². The van der Waals surface area contributed by atoms with Crippen LogP contribution in [-0.4, -0.2) is 30.6 Å². The molecule has 0 atom stereocenters. The Kier molecular flexibility index (Phi) is 6.76. The Bertz CT molecular complexity index is 339. The summed E-state index contributed by atoms with van der Waals surface area (Å²) in [6.45, 7) is 10.2. The molecule has 0 unspecified atom stereocenters. The number of hydrogen-bond acceptors (Lipinski definition) is 3. The minimum Gasteiger partial charge on any atom is -0.494 e. The predicted molar refractivity (Wildman–Crippen MR) is 76.8 cm³/mol. The minimum atomic E-state index is 0.564. The van der Waals surface area contributed by atoms with E-state index in [1.54, 1.807) is 0 Å². The normalized spacial score (nSPS) is 11.2. The first-order valence-corrected chi connectivity index (χ1v) is 6.83. The van der Waals surface area contributed by atoms with E-state index in [9.17, 15) is 0 Å². The fourth-order valence-corrected chi connectivity index (χ4v) is 2.00. The smallest absolute Gasteiger partial charge is 0.119 e.